The van der Waals surface area contributed by atoms with Crippen molar-refractivity contribution < 1.29 is 0 Å². The van der Waals surface area contributed by atoms with Crippen molar-refractivity contribution in [2.24, 2.45) is 7.05 Å². The van der Waals surface area contributed by atoms with Gasteiger partial charge in [0.25, 0.3) is 0 Å². The van der Waals surface area contributed by atoms with Crippen LogP contribution in [0.1, 0.15) is 0 Å². The fourth-order valence-electron chi connectivity index (χ4n) is 1.96. The monoisotopic (exact) mass is 230 g/mol. The Morgan fingerprint density at radius 2 is 1.69 bits per heavy atom. The highest BCUT2D eigenvalue weighted by atomic mass is 28.3. The van der Waals surface area contributed by atoms with E-state index in [4.69, 9.17) is 0 Å². The van der Waals surface area contributed by atoms with Gasteiger partial charge in [0, 0.05) is 24.1 Å². The Hall–Kier alpha value is -1.35. The predicted molar refractivity (Wildman–Crippen MR) is 71.6 cm³/mol. The Kier molecular flexibility index (Phi) is 2.72. The topological polar surface area (TPSA) is 17.8 Å². The molecule has 3 heteroatoms. The summed E-state index contributed by atoms with van der Waals surface area (Å²) in [5, 5.41) is 1.39. The van der Waals surface area contributed by atoms with Crippen LogP contribution in [0.4, 0.5) is 0 Å². The Morgan fingerprint density at radius 1 is 1.06 bits per heavy atom. The van der Waals surface area contributed by atoms with E-state index in [1.54, 1.807) is 0 Å². The SMILES string of the molecule is Cn1c([Si](C)(C)C)cnc1-c1ccccc1. The van der Waals surface area contributed by atoms with Gasteiger partial charge >= 0.3 is 0 Å². The number of aromatic nitrogens is 2. The van der Waals surface area contributed by atoms with Crippen LogP contribution in [0.25, 0.3) is 11.4 Å². The van der Waals surface area contributed by atoms with Crippen LogP contribution in [0.2, 0.25) is 19.6 Å². The summed E-state index contributed by atoms with van der Waals surface area (Å²) in [5.41, 5.74) is 1.19. The lowest BCUT2D eigenvalue weighted by Crippen LogP contribution is -2.42. The minimum atomic E-state index is -1.29. The lowest BCUT2D eigenvalue weighted by molar-refractivity contribution is 0.946. The van der Waals surface area contributed by atoms with Gasteiger partial charge in [0.05, 0.1) is 0 Å². The molecule has 0 spiro atoms. The van der Waals surface area contributed by atoms with Crippen LogP contribution >= 0.6 is 0 Å². The van der Waals surface area contributed by atoms with Crippen molar-refractivity contribution >= 4 is 13.4 Å². The molecule has 0 aliphatic heterocycles. The quantitative estimate of drug-likeness (QED) is 0.725. The highest BCUT2D eigenvalue weighted by Crippen LogP contribution is 2.16. The Bertz CT molecular complexity index is 480. The third kappa shape index (κ3) is 1.95. The van der Waals surface area contributed by atoms with Gasteiger partial charge in [0.15, 0.2) is 0 Å². The van der Waals surface area contributed by atoms with Crippen LogP contribution in [0, 0.1) is 0 Å². The molecule has 0 aliphatic carbocycles. The zero-order valence-corrected chi connectivity index (χ0v) is 11.4. The minimum absolute atomic E-state index is 1.07. The van der Waals surface area contributed by atoms with Crippen LogP contribution in [0.15, 0.2) is 36.5 Å². The Balaban J connectivity index is 2.50. The molecule has 2 nitrogen and oxygen atoms in total. The molecule has 1 heterocycles. The van der Waals surface area contributed by atoms with E-state index in [9.17, 15) is 0 Å². The molecule has 0 N–H and O–H groups in total. The van der Waals surface area contributed by atoms with E-state index in [-0.39, 0.29) is 0 Å². The molecule has 0 amide bonds. The van der Waals surface area contributed by atoms with Gasteiger partial charge < -0.3 is 4.57 Å². The van der Waals surface area contributed by atoms with Crippen LogP contribution in [0.3, 0.4) is 0 Å². The van der Waals surface area contributed by atoms with Crippen molar-refractivity contribution in [1.29, 1.82) is 0 Å². The molecule has 0 saturated heterocycles. The summed E-state index contributed by atoms with van der Waals surface area (Å²) in [7, 11) is 0.825. The van der Waals surface area contributed by atoms with Crippen molar-refractivity contribution in [2.45, 2.75) is 19.6 Å². The Morgan fingerprint density at radius 3 is 2.19 bits per heavy atom. The standard InChI is InChI=1S/C13H18N2Si/c1-15-12(16(2,3)4)10-14-13(15)11-8-6-5-7-9-11/h5-10H,1-4H3. The lowest BCUT2D eigenvalue weighted by atomic mass is 10.2. The molecule has 0 aliphatic rings. The van der Waals surface area contributed by atoms with E-state index in [2.05, 4.69) is 60.5 Å². The molecule has 2 rings (SSSR count). The van der Waals surface area contributed by atoms with E-state index in [0.29, 0.717) is 0 Å². The van der Waals surface area contributed by atoms with Crippen LogP contribution in [0.5, 0.6) is 0 Å². The van der Waals surface area contributed by atoms with Gasteiger partial charge in [0.1, 0.15) is 13.9 Å². The molecule has 16 heavy (non-hydrogen) atoms. The third-order valence-corrected chi connectivity index (χ3v) is 4.79. The Labute approximate surface area is 98.0 Å². The minimum Gasteiger partial charge on any atom is -0.335 e. The number of hydrogen-bond donors (Lipinski definition) is 0. The van der Waals surface area contributed by atoms with E-state index in [0.717, 1.165) is 5.82 Å². The fraction of sp³-hybridized carbons (Fsp3) is 0.308. The van der Waals surface area contributed by atoms with Gasteiger partial charge in [-0.15, -0.1) is 0 Å². The van der Waals surface area contributed by atoms with Crippen molar-refractivity contribution in [3.63, 3.8) is 0 Å². The van der Waals surface area contributed by atoms with Gasteiger partial charge in [0.2, 0.25) is 0 Å². The molecule has 2 aromatic rings. The summed E-state index contributed by atoms with van der Waals surface area (Å²) in [4.78, 5) is 4.55. The summed E-state index contributed by atoms with van der Waals surface area (Å²) < 4.78 is 2.24. The van der Waals surface area contributed by atoms with Crippen molar-refractivity contribution in [3.05, 3.63) is 36.5 Å². The number of nitrogens with zero attached hydrogens (tertiary/aromatic N) is 2. The average Bonchev–Trinajstić information content (AvgIpc) is 2.61. The van der Waals surface area contributed by atoms with Crippen LogP contribution in [-0.2, 0) is 7.05 Å². The molecule has 0 radical (unpaired) electrons. The van der Waals surface area contributed by atoms with Crippen molar-refractivity contribution in [2.75, 3.05) is 0 Å². The highest BCUT2D eigenvalue weighted by molar-refractivity contribution is 6.88. The summed E-state index contributed by atoms with van der Waals surface area (Å²) in [6.07, 6.45) is 2.04. The van der Waals surface area contributed by atoms with E-state index in [1.165, 1.54) is 10.9 Å². The van der Waals surface area contributed by atoms with Gasteiger partial charge in [-0.05, 0) is 0 Å². The molecular weight excluding hydrogens is 212 g/mol. The molecule has 0 atom stereocenters. The third-order valence-electron chi connectivity index (χ3n) is 2.79. The second kappa shape index (κ2) is 3.90. The summed E-state index contributed by atoms with van der Waals surface area (Å²) in [5.74, 6) is 1.07. The predicted octanol–water partition coefficient (Wildman–Crippen LogP) is 2.63. The molecule has 1 aromatic heterocycles. The molecule has 1 aromatic carbocycles. The largest absolute Gasteiger partial charge is 0.335 e. The van der Waals surface area contributed by atoms with Crippen LogP contribution < -0.4 is 5.32 Å². The second-order valence-electron chi connectivity index (χ2n) is 5.14. The maximum absolute atomic E-state index is 4.55. The second-order valence-corrected chi connectivity index (χ2v) is 10.2. The number of imidazole rings is 1. The first-order valence-electron chi connectivity index (χ1n) is 5.58. The molecule has 0 saturated carbocycles. The number of rotatable bonds is 2. The van der Waals surface area contributed by atoms with Crippen molar-refractivity contribution in [1.82, 2.24) is 9.55 Å². The van der Waals surface area contributed by atoms with Gasteiger partial charge in [-0.1, -0.05) is 50.0 Å². The van der Waals surface area contributed by atoms with E-state index in [1.807, 2.05) is 12.3 Å². The normalized spacial score (nSPS) is 11.8. The maximum Gasteiger partial charge on any atom is 0.139 e. The van der Waals surface area contributed by atoms with Crippen molar-refractivity contribution in [3.8, 4) is 11.4 Å². The van der Waals surface area contributed by atoms with E-state index < -0.39 is 8.07 Å². The van der Waals surface area contributed by atoms with Gasteiger partial charge in [-0.3, -0.25) is 0 Å². The first-order chi connectivity index (χ1) is 7.50. The molecule has 0 bridgehead atoms. The first-order valence-corrected chi connectivity index (χ1v) is 9.08. The number of hydrogen-bond acceptors (Lipinski definition) is 1. The van der Waals surface area contributed by atoms with E-state index >= 15 is 0 Å². The summed E-state index contributed by atoms with van der Waals surface area (Å²) in [6.45, 7) is 7.04. The zero-order chi connectivity index (χ0) is 11.8. The molecule has 0 fully saturated rings. The number of benzene rings is 1. The smallest absolute Gasteiger partial charge is 0.139 e. The highest BCUT2D eigenvalue weighted by Gasteiger charge is 2.22. The van der Waals surface area contributed by atoms with Gasteiger partial charge in [-0.2, -0.15) is 0 Å². The average molecular weight is 230 g/mol. The lowest BCUT2D eigenvalue weighted by Gasteiger charge is -2.17. The first kappa shape index (κ1) is 11.1. The molecule has 0 unspecified atom stereocenters. The van der Waals surface area contributed by atoms with Gasteiger partial charge in [-0.25, -0.2) is 4.98 Å². The zero-order valence-electron chi connectivity index (χ0n) is 10.4. The summed E-state index contributed by atoms with van der Waals surface area (Å²) in [6, 6.07) is 10.4. The molecular formula is C13H18N2Si. The fourth-order valence-corrected chi connectivity index (χ4v) is 3.53. The molecule has 84 valence electrons. The van der Waals surface area contributed by atoms with Crippen LogP contribution in [-0.4, -0.2) is 17.6 Å². The maximum atomic E-state index is 4.55. The summed E-state index contributed by atoms with van der Waals surface area (Å²) >= 11 is 0.